The number of hydrogen-bond donors (Lipinski definition) is 1. The van der Waals surface area contributed by atoms with Crippen molar-refractivity contribution in [1.29, 1.82) is 0 Å². The van der Waals surface area contributed by atoms with Gasteiger partial charge in [-0.1, -0.05) is 25.1 Å². The summed E-state index contributed by atoms with van der Waals surface area (Å²) in [5.74, 6) is -0.0278. The second-order valence-electron chi connectivity index (χ2n) is 2.77. The highest BCUT2D eigenvalue weighted by atomic mass is 16.1. The number of hydrogen-bond acceptors (Lipinski definition) is 1. The van der Waals surface area contributed by atoms with Gasteiger partial charge in [-0.15, -0.1) is 0 Å². The lowest BCUT2D eigenvalue weighted by Gasteiger charge is -2.06. The molecule has 0 saturated carbocycles. The van der Waals surface area contributed by atoms with E-state index in [1.165, 1.54) is 0 Å². The van der Waals surface area contributed by atoms with Crippen LogP contribution in [0.5, 0.6) is 0 Å². The van der Waals surface area contributed by atoms with Gasteiger partial charge in [0.15, 0.2) is 0 Å². The fraction of sp³-hybridized carbons (Fsp3) is 0.273. The molecule has 69 valence electrons. The molecule has 0 unspecified atom stereocenters. The van der Waals surface area contributed by atoms with Crippen LogP contribution in [0.3, 0.4) is 0 Å². The van der Waals surface area contributed by atoms with E-state index in [1.54, 1.807) is 13.5 Å². The Morgan fingerprint density at radius 1 is 1.46 bits per heavy atom. The summed E-state index contributed by atoms with van der Waals surface area (Å²) in [4.78, 5) is 11.5. The minimum absolute atomic E-state index is 0.0278. The quantitative estimate of drug-likeness (QED) is 0.751. The van der Waals surface area contributed by atoms with Crippen LogP contribution in [0, 0.1) is 6.54 Å². The van der Waals surface area contributed by atoms with Gasteiger partial charge in [0.05, 0.1) is 0 Å². The summed E-state index contributed by atoms with van der Waals surface area (Å²) in [6.45, 7) is 5.49. The molecular formula is C11H14NO. The Labute approximate surface area is 79.0 Å². The van der Waals surface area contributed by atoms with Gasteiger partial charge >= 0.3 is 0 Å². The van der Waals surface area contributed by atoms with Gasteiger partial charge in [-0.2, -0.15) is 0 Å². The molecule has 0 aromatic heterocycles. The van der Waals surface area contributed by atoms with Crippen molar-refractivity contribution in [2.45, 2.75) is 20.3 Å². The van der Waals surface area contributed by atoms with E-state index >= 15 is 0 Å². The van der Waals surface area contributed by atoms with Crippen LogP contribution in [0.2, 0.25) is 0 Å². The molecule has 1 aromatic carbocycles. The predicted molar refractivity (Wildman–Crippen MR) is 53.3 cm³/mol. The minimum atomic E-state index is -0.0278. The fourth-order valence-corrected chi connectivity index (χ4v) is 1.26. The van der Waals surface area contributed by atoms with E-state index in [0.717, 1.165) is 17.5 Å². The molecule has 2 heteroatoms. The molecule has 0 aliphatic heterocycles. The van der Waals surface area contributed by atoms with Gasteiger partial charge in [0.2, 0.25) is 0 Å². The Hall–Kier alpha value is -1.31. The first kappa shape index (κ1) is 9.78. The van der Waals surface area contributed by atoms with E-state index in [4.69, 9.17) is 0 Å². The van der Waals surface area contributed by atoms with Crippen LogP contribution in [-0.2, 0) is 6.42 Å². The summed E-state index contributed by atoms with van der Waals surface area (Å²) in [6.07, 6.45) is 0.882. The zero-order valence-corrected chi connectivity index (χ0v) is 8.00. The first-order valence-electron chi connectivity index (χ1n) is 4.46. The zero-order chi connectivity index (χ0) is 9.68. The van der Waals surface area contributed by atoms with Crippen LogP contribution < -0.4 is 5.32 Å². The van der Waals surface area contributed by atoms with Crippen molar-refractivity contribution in [2.24, 2.45) is 0 Å². The topological polar surface area (TPSA) is 29.1 Å². The van der Waals surface area contributed by atoms with Crippen molar-refractivity contribution in [1.82, 2.24) is 5.32 Å². The summed E-state index contributed by atoms with van der Waals surface area (Å²) < 4.78 is 0. The number of aryl methyl sites for hydroxylation is 1. The second-order valence-corrected chi connectivity index (χ2v) is 2.77. The van der Waals surface area contributed by atoms with Gasteiger partial charge in [0, 0.05) is 12.1 Å². The molecule has 0 saturated heterocycles. The molecule has 0 spiro atoms. The first-order valence-corrected chi connectivity index (χ1v) is 4.46. The van der Waals surface area contributed by atoms with Gasteiger partial charge in [-0.3, -0.25) is 4.79 Å². The molecule has 0 atom stereocenters. The van der Waals surface area contributed by atoms with Gasteiger partial charge in [-0.05, 0) is 25.0 Å². The van der Waals surface area contributed by atoms with Crippen molar-refractivity contribution in [3.05, 3.63) is 41.9 Å². The molecular weight excluding hydrogens is 162 g/mol. The van der Waals surface area contributed by atoms with Crippen LogP contribution in [0.4, 0.5) is 0 Å². The van der Waals surface area contributed by atoms with E-state index in [9.17, 15) is 4.79 Å². The molecule has 1 aromatic rings. The Morgan fingerprint density at radius 2 is 2.15 bits per heavy atom. The van der Waals surface area contributed by atoms with Crippen molar-refractivity contribution >= 4 is 5.91 Å². The van der Waals surface area contributed by atoms with E-state index in [-0.39, 0.29) is 5.91 Å². The lowest BCUT2D eigenvalue weighted by Crippen LogP contribution is -2.20. The predicted octanol–water partition coefficient (Wildman–Crippen LogP) is 2.16. The van der Waals surface area contributed by atoms with E-state index in [2.05, 4.69) is 5.32 Å². The lowest BCUT2D eigenvalue weighted by atomic mass is 10.1. The number of amides is 1. The van der Waals surface area contributed by atoms with Gasteiger partial charge in [0.1, 0.15) is 0 Å². The largest absolute Gasteiger partial charge is 0.348 e. The summed E-state index contributed by atoms with van der Waals surface area (Å²) in [7, 11) is 0. The Balaban J connectivity index is 2.92. The summed E-state index contributed by atoms with van der Waals surface area (Å²) >= 11 is 0. The summed E-state index contributed by atoms with van der Waals surface area (Å²) in [6, 6.07) is 7.65. The SMILES string of the molecule is C[CH]NC(=O)c1ccccc1CC. The van der Waals surface area contributed by atoms with Crippen molar-refractivity contribution < 1.29 is 4.79 Å². The van der Waals surface area contributed by atoms with Crippen LogP contribution in [0.1, 0.15) is 29.8 Å². The Bertz CT molecular complexity index is 294. The van der Waals surface area contributed by atoms with Crippen molar-refractivity contribution in [2.75, 3.05) is 0 Å². The van der Waals surface area contributed by atoms with Crippen LogP contribution in [0.25, 0.3) is 0 Å². The zero-order valence-electron chi connectivity index (χ0n) is 8.00. The van der Waals surface area contributed by atoms with Gasteiger partial charge < -0.3 is 5.32 Å². The molecule has 1 rings (SSSR count). The van der Waals surface area contributed by atoms with Gasteiger partial charge in [0.25, 0.3) is 5.91 Å². The number of carbonyl (C=O) groups is 1. The standard InChI is InChI=1S/C11H14NO/c1-3-9-7-5-6-8-10(9)11(13)12-4-2/h4-8H,3H2,1-2H3,(H,12,13). The first-order chi connectivity index (χ1) is 6.29. The normalized spacial score (nSPS) is 9.69. The van der Waals surface area contributed by atoms with E-state index in [0.29, 0.717) is 0 Å². The Morgan fingerprint density at radius 3 is 2.77 bits per heavy atom. The maximum absolute atomic E-state index is 11.5. The number of nitrogens with one attached hydrogen (secondary N) is 1. The molecule has 0 heterocycles. The average Bonchev–Trinajstić information content (AvgIpc) is 2.18. The third-order valence-corrected chi connectivity index (χ3v) is 1.92. The Kier molecular flexibility index (Phi) is 3.50. The molecule has 0 aliphatic rings. The fourth-order valence-electron chi connectivity index (χ4n) is 1.26. The number of benzene rings is 1. The minimum Gasteiger partial charge on any atom is -0.348 e. The van der Waals surface area contributed by atoms with Gasteiger partial charge in [-0.25, -0.2) is 0 Å². The smallest absolute Gasteiger partial charge is 0.251 e. The van der Waals surface area contributed by atoms with Crippen molar-refractivity contribution in [3.63, 3.8) is 0 Å². The summed E-state index contributed by atoms with van der Waals surface area (Å²) in [5, 5.41) is 2.67. The molecule has 0 fully saturated rings. The highest BCUT2D eigenvalue weighted by Crippen LogP contribution is 2.08. The molecule has 1 amide bonds. The third-order valence-electron chi connectivity index (χ3n) is 1.92. The van der Waals surface area contributed by atoms with E-state index in [1.807, 2.05) is 31.2 Å². The molecule has 0 aliphatic carbocycles. The molecule has 1 N–H and O–H groups in total. The van der Waals surface area contributed by atoms with Crippen molar-refractivity contribution in [3.8, 4) is 0 Å². The molecule has 2 nitrogen and oxygen atoms in total. The third kappa shape index (κ3) is 2.31. The van der Waals surface area contributed by atoms with Crippen LogP contribution in [-0.4, -0.2) is 5.91 Å². The highest BCUT2D eigenvalue weighted by molar-refractivity contribution is 5.95. The highest BCUT2D eigenvalue weighted by Gasteiger charge is 2.07. The second kappa shape index (κ2) is 4.65. The van der Waals surface area contributed by atoms with Crippen LogP contribution in [0.15, 0.2) is 24.3 Å². The molecule has 13 heavy (non-hydrogen) atoms. The van der Waals surface area contributed by atoms with Crippen LogP contribution >= 0.6 is 0 Å². The lowest BCUT2D eigenvalue weighted by molar-refractivity contribution is 0.0963. The molecule has 1 radical (unpaired) electrons. The summed E-state index contributed by atoms with van der Waals surface area (Å²) in [5.41, 5.74) is 1.85. The maximum Gasteiger partial charge on any atom is 0.251 e. The number of rotatable bonds is 3. The average molecular weight is 176 g/mol. The monoisotopic (exact) mass is 176 g/mol. The maximum atomic E-state index is 11.5. The number of carbonyl (C=O) groups excluding carboxylic acids is 1. The molecule has 0 bridgehead atoms. The van der Waals surface area contributed by atoms with E-state index < -0.39 is 0 Å².